The first-order chi connectivity index (χ1) is 9.60. The average molecular weight is 383 g/mol. The highest BCUT2D eigenvalue weighted by Gasteiger charge is 2.10. The summed E-state index contributed by atoms with van der Waals surface area (Å²) in [5.74, 6) is 0.299. The summed E-state index contributed by atoms with van der Waals surface area (Å²) in [5.41, 5.74) is 6.94. The molecule has 124 valence electrons. The lowest BCUT2D eigenvalue weighted by atomic mass is 10.2. The second-order valence-corrected chi connectivity index (χ2v) is 6.50. The molecule has 2 aromatic rings. The monoisotopic (exact) mass is 382 g/mol. The predicted molar refractivity (Wildman–Crippen MR) is 96.7 cm³/mol. The van der Waals surface area contributed by atoms with Crippen molar-refractivity contribution < 1.29 is 4.79 Å². The van der Waals surface area contributed by atoms with Crippen LogP contribution in [0.2, 0.25) is 0 Å². The van der Waals surface area contributed by atoms with Gasteiger partial charge in [-0.15, -0.1) is 47.5 Å². The number of hydrogen-bond acceptors (Lipinski definition) is 6. The number of thiazole rings is 2. The Bertz CT molecular complexity index is 586. The van der Waals surface area contributed by atoms with Crippen molar-refractivity contribution in [2.75, 3.05) is 6.54 Å². The lowest BCUT2D eigenvalue weighted by molar-refractivity contribution is 0.0949. The number of nitrogens with one attached hydrogen (secondary N) is 1. The van der Waals surface area contributed by atoms with Crippen LogP contribution in [0.5, 0.6) is 0 Å². The highest BCUT2D eigenvalue weighted by atomic mass is 35.5. The number of carbonyl (C=O) groups excluding carboxylic acids is 1. The zero-order chi connectivity index (χ0) is 14.5. The van der Waals surface area contributed by atoms with E-state index in [1.165, 1.54) is 11.3 Å². The second kappa shape index (κ2) is 10.1. The Labute approximate surface area is 150 Å². The van der Waals surface area contributed by atoms with E-state index in [0.29, 0.717) is 24.7 Å². The number of halogens is 2. The van der Waals surface area contributed by atoms with E-state index in [-0.39, 0.29) is 30.7 Å². The minimum Gasteiger partial charge on any atom is -0.350 e. The summed E-state index contributed by atoms with van der Waals surface area (Å²) in [5, 5.41) is 8.55. The third-order valence-corrected chi connectivity index (χ3v) is 4.75. The van der Waals surface area contributed by atoms with Crippen LogP contribution >= 0.6 is 47.5 Å². The Kier molecular flexibility index (Phi) is 9.79. The highest BCUT2D eigenvalue weighted by Crippen LogP contribution is 2.19. The number of hydrogen-bond donors (Lipinski definition) is 2. The first kappa shape index (κ1) is 21.3. The van der Waals surface area contributed by atoms with Gasteiger partial charge in [0.25, 0.3) is 5.91 Å². The number of nitrogens with zero attached hydrogens (tertiary/aromatic N) is 2. The molecule has 5 nitrogen and oxygen atoms in total. The maximum Gasteiger partial charge on any atom is 0.270 e. The van der Waals surface area contributed by atoms with Crippen molar-refractivity contribution in [1.29, 1.82) is 0 Å². The van der Waals surface area contributed by atoms with Gasteiger partial charge in [-0.1, -0.05) is 13.8 Å². The van der Waals surface area contributed by atoms with Gasteiger partial charge >= 0.3 is 0 Å². The summed E-state index contributed by atoms with van der Waals surface area (Å²) in [6.45, 7) is 5.19. The number of nitrogens with two attached hydrogens (primary N) is 1. The zero-order valence-corrected chi connectivity index (χ0v) is 15.6. The predicted octanol–water partition coefficient (Wildman–Crippen LogP) is 3.00. The largest absolute Gasteiger partial charge is 0.350 e. The van der Waals surface area contributed by atoms with Gasteiger partial charge in [-0.05, 0) is 0 Å². The molecule has 0 spiro atoms. The first-order valence-corrected chi connectivity index (χ1v) is 8.23. The minimum absolute atomic E-state index is 0. The molecule has 0 atom stereocenters. The van der Waals surface area contributed by atoms with Crippen molar-refractivity contribution in [3.63, 3.8) is 0 Å². The van der Waals surface area contributed by atoms with Crippen molar-refractivity contribution in [2.45, 2.75) is 32.7 Å². The van der Waals surface area contributed by atoms with E-state index in [1.54, 1.807) is 16.7 Å². The Morgan fingerprint density at radius 3 is 2.55 bits per heavy atom. The van der Waals surface area contributed by atoms with Gasteiger partial charge in [-0.2, -0.15) is 0 Å². The topological polar surface area (TPSA) is 80.9 Å². The van der Waals surface area contributed by atoms with Crippen molar-refractivity contribution in [2.24, 2.45) is 5.73 Å². The van der Waals surface area contributed by atoms with Crippen LogP contribution < -0.4 is 11.1 Å². The van der Waals surface area contributed by atoms with Crippen molar-refractivity contribution in [1.82, 2.24) is 15.3 Å². The molecule has 2 rings (SSSR count). The van der Waals surface area contributed by atoms with Gasteiger partial charge in [0.2, 0.25) is 0 Å². The van der Waals surface area contributed by atoms with E-state index >= 15 is 0 Å². The van der Waals surface area contributed by atoms with E-state index in [4.69, 9.17) is 5.73 Å². The molecule has 0 bridgehead atoms. The molecule has 0 unspecified atom stereocenters. The Morgan fingerprint density at radius 1 is 1.27 bits per heavy atom. The molecule has 22 heavy (non-hydrogen) atoms. The van der Waals surface area contributed by atoms with E-state index in [2.05, 4.69) is 34.5 Å². The number of amides is 1. The standard InChI is InChI=1S/C13H18N4OS2.2ClH/c1-8(2)13-16-9(6-20-13)3-4-15-12(18)10-7-19-11(5-14)17-10;;/h6-8H,3-5,14H2,1-2H3,(H,15,18);2*1H. The molecular weight excluding hydrogens is 363 g/mol. The third-order valence-electron chi connectivity index (χ3n) is 2.69. The van der Waals surface area contributed by atoms with Crippen LogP contribution in [0.25, 0.3) is 0 Å². The molecule has 0 aliphatic carbocycles. The zero-order valence-electron chi connectivity index (χ0n) is 12.4. The van der Waals surface area contributed by atoms with Gasteiger partial charge in [0.05, 0.1) is 10.7 Å². The van der Waals surface area contributed by atoms with Crippen molar-refractivity contribution in [3.05, 3.63) is 32.2 Å². The summed E-state index contributed by atoms with van der Waals surface area (Å²) in [7, 11) is 0. The van der Waals surface area contributed by atoms with E-state index in [9.17, 15) is 4.79 Å². The van der Waals surface area contributed by atoms with Crippen LogP contribution in [-0.2, 0) is 13.0 Å². The number of carbonyl (C=O) groups is 1. The second-order valence-electron chi connectivity index (χ2n) is 4.67. The summed E-state index contributed by atoms with van der Waals surface area (Å²) in [4.78, 5) is 20.5. The Balaban J connectivity index is 0.00000220. The van der Waals surface area contributed by atoms with Crippen LogP contribution in [-0.4, -0.2) is 22.4 Å². The lowest BCUT2D eigenvalue weighted by Crippen LogP contribution is -2.26. The molecule has 2 heterocycles. The molecule has 1 amide bonds. The van der Waals surface area contributed by atoms with Gasteiger partial charge in [-0.3, -0.25) is 4.79 Å². The molecule has 0 saturated heterocycles. The minimum atomic E-state index is -0.153. The van der Waals surface area contributed by atoms with Gasteiger partial charge in [0.1, 0.15) is 10.7 Å². The van der Waals surface area contributed by atoms with Gasteiger partial charge in [0.15, 0.2) is 0 Å². The van der Waals surface area contributed by atoms with E-state index in [0.717, 1.165) is 22.1 Å². The molecular formula is C13H20Cl2N4OS2. The van der Waals surface area contributed by atoms with Crippen LogP contribution in [0, 0.1) is 0 Å². The molecule has 0 aliphatic rings. The van der Waals surface area contributed by atoms with Gasteiger partial charge in [-0.25, -0.2) is 9.97 Å². The normalized spacial score (nSPS) is 10.0. The summed E-state index contributed by atoms with van der Waals surface area (Å²) in [6.07, 6.45) is 0.739. The molecule has 0 aliphatic heterocycles. The van der Waals surface area contributed by atoms with E-state index in [1.807, 2.05) is 0 Å². The maximum absolute atomic E-state index is 11.9. The van der Waals surface area contributed by atoms with E-state index < -0.39 is 0 Å². The van der Waals surface area contributed by atoms with Crippen LogP contribution in [0.15, 0.2) is 10.8 Å². The fraction of sp³-hybridized carbons (Fsp3) is 0.462. The molecule has 2 aromatic heterocycles. The Hall–Kier alpha value is -0.730. The van der Waals surface area contributed by atoms with Gasteiger partial charge in [0, 0.05) is 36.2 Å². The SMILES string of the molecule is CC(C)c1nc(CCNC(=O)c2csc(CN)n2)cs1.Cl.Cl. The first-order valence-electron chi connectivity index (χ1n) is 6.47. The molecule has 0 radical (unpaired) electrons. The number of rotatable bonds is 6. The smallest absolute Gasteiger partial charge is 0.270 e. The molecule has 9 heteroatoms. The summed E-state index contributed by atoms with van der Waals surface area (Å²) >= 11 is 3.08. The molecule has 3 N–H and O–H groups in total. The molecule has 0 aromatic carbocycles. The average Bonchev–Trinajstić information content (AvgIpc) is 3.07. The quantitative estimate of drug-likeness (QED) is 0.804. The van der Waals surface area contributed by atoms with Gasteiger partial charge < -0.3 is 11.1 Å². The maximum atomic E-state index is 11.9. The summed E-state index contributed by atoms with van der Waals surface area (Å²) < 4.78 is 0. The van der Waals surface area contributed by atoms with Crippen molar-refractivity contribution >= 4 is 53.4 Å². The summed E-state index contributed by atoms with van der Waals surface area (Å²) in [6, 6.07) is 0. The van der Waals surface area contributed by atoms with Crippen LogP contribution in [0.4, 0.5) is 0 Å². The molecule has 0 saturated carbocycles. The fourth-order valence-electron chi connectivity index (χ4n) is 1.61. The number of aromatic nitrogens is 2. The lowest BCUT2D eigenvalue weighted by Gasteiger charge is -2.01. The van der Waals surface area contributed by atoms with Crippen LogP contribution in [0.1, 0.15) is 46.0 Å². The Morgan fingerprint density at radius 2 is 2.00 bits per heavy atom. The molecule has 0 fully saturated rings. The van der Waals surface area contributed by atoms with Crippen molar-refractivity contribution in [3.8, 4) is 0 Å². The third kappa shape index (κ3) is 5.81. The van der Waals surface area contributed by atoms with Crippen LogP contribution in [0.3, 0.4) is 0 Å². The fourth-order valence-corrected chi connectivity index (χ4v) is 3.13. The highest BCUT2D eigenvalue weighted by molar-refractivity contribution is 7.10.